The van der Waals surface area contributed by atoms with E-state index in [1.54, 1.807) is 18.0 Å². The molecule has 0 spiro atoms. The van der Waals surface area contributed by atoms with Crippen LogP contribution in [0.1, 0.15) is 11.7 Å². The van der Waals surface area contributed by atoms with Gasteiger partial charge in [0.15, 0.2) is 0 Å². The van der Waals surface area contributed by atoms with E-state index in [4.69, 9.17) is 16.3 Å². The number of hydrogen-bond acceptors (Lipinski definition) is 4. The van der Waals surface area contributed by atoms with Gasteiger partial charge in [-0.25, -0.2) is 9.48 Å². The third-order valence-electron chi connectivity index (χ3n) is 3.81. The van der Waals surface area contributed by atoms with E-state index in [-0.39, 0.29) is 24.2 Å². The summed E-state index contributed by atoms with van der Waals surface area (Å²) in [6, 6.07) is 7.41. The summed E-state index contributed by atoms with van der Waals surface area (Å²) < 4.78 is 8.23. The molecule has 1 aliphatic heterocycles. The Morgan fingerprint density at radius 3 is 3.00 bits per heavy atom. The van der Waals surface area contributed by atoms with Crippen LogP contribution in [0, 0.1) is 0 Å². The van der Waals surface area contributed by atoms with Crippen LogP contribution in [0.3, 0.4) is 0 Å². The lowest BCUT2D eigenvalue weighted by atomic mass is 10.1. The monoisotopic (exact) mass is 336 g/mol. The van der Waals surface area contributed by atoms with E-state index in [9.17, 15) is 9.59 Å². The number of hydrogen-bond donors (Lipinski definition) is 0. The molecule has 23 heavy (non-hydrogen) atoms. The Morgan fingerprint density at radius 1 is 1.48 bits per heavy atom. The molecule has 0 unspecified atom stereocenters. The lowest BCUT2D eigenvalue weighted by molar-refractivity contribution is -0.139. The molecule has 0 aliphatic carbocycles. The Morgan fingerprint density at radius 2 is 2.30 bits per heavy atom. The van der Waals surface area contributed by atoms with Gasteiger partial charge in [0.25, 0.3) is 0 Å². The van der Waals surface area contributed by atoms with Crippen LogP contribution in [0.5, 0.6) is 0 Å². The average molecular weight is 337 g/mol. The first kappa shape index (κ1) is 15.8. The second kappa shape index (κ2) is 6.55. The zero-order valence-electron chi connectivity index (χ0n) is 12.7. The Balaban J connectivity index is 1.69. The fourth-order valence-corrected chi connectivity index (χ4v) is 2.74. The van der Waals surface area contributed by atoms with Crippen LogP contribution in [0.15, 0.2) is 35.4 Å². The molecule has 1 fully saturated rings. The van der Waals surface area contributed by atoms with E-state index < -0.39 is 0 Å². The van der Waals surface area contributed by atoms with Gasteiger partial charge in [0, 0.05) is 18.6 Å². The zero-order valence-corrected chi connectivity index (χ0v) is 13.4. The normalized spacial score (nSPS) is 18.2. The van der Waals surface area contributed by atoms with Gasteiger partial charge in [-0.1, -0.05) is 23.7 Å². The molecular formula is C15H17ClN4O3. The number of halogens is 1. The minimum absolute atomic E-state index is 0.0675. The Labute approximate surface area is 138 Å². The van der Waals surface area contributed by atoms with Crippen LogP contribution in [0.2, 0.25) is 5.02 Å². The molecule has 122 valence electrons. The van der Waals surface area contributed by atoms with Crippen LogP contribution in [-0.2, 0) is 23.1 Å². The van der Waals surface area contributed by atoms with Crippen molar-refractivity contribution >= 4 is 17.5 Å². The lowest BCUT2D eigenvalue weighted by Crippen LogP contribution is -2.44. The number of benzene rings is 1. The highest BCUT2D eigenvalue weighted by molar-refractivity contribution is 6.30. The largest absolute Gasteiger partial charge is 0.370 e. The van der Waals surface area contributed by atoms with Gasteiger partial charge in [-0.05, 0) is 17.7 Å². The Bertz CT molecular complexity index is 770. The highest BCUT2D eigenvalue weighted by atomic mass is 35.5. The third kappa shape index (κ3) is 3.46. The smallest absolute Gasteiger partial charge is 0.345 e. The molecule has 1 saturated heterocycles. The maximum absolute atomic E-state index is 12.4. The molecule has 2 aromatic rings. The number of rotatable bonds is 3. The summed E-state index contributed by atoms with van der Waals surface area (Å²) >= 11 is 6.01. The third-order valence-corrected chi connectivity index (χ3v) is 4.05. The number of aryl methyl sites for hydroxylation is 1. The number of morpholine rings is 1. The van der Waals surface area contributed by atoms with Gasteiger partial charge in [0.1, 0.15) is 19.0 Å². The van der Waals surface area contributed by atoms with Crippen molar-refractivity contribution in [3.8, 4) is 0 Å². The molecule has 1 aromatic carbocycles. The first-order valence-corrected chi connectivity index (χ1v) is 7.65. The van der Waals surface area contributed by atoms with Crippen molar-refractivity contribution in [2.45, 2.75) is 12.6 Å². The summed E-state index contributed by atoms with van der Waals surface area (Å²) in [6.45, 7) is 1.31. The summed E-state index contributed by atoms with van der Waals surface area (Å²) in [5.41, 5.74) is 0.628. The highest BCUT2D eigenvalue weighted by Gasteiger charge is 2.26. The molecule has 3 rings (SSSR count). The molecule has 7 nitrogen and oxygen atoms in total. The maximum Gasteiger partial charge on any atom is 0.345 e. The lowest BCUT2D eigenvalue weighted by Gasteiger charge is -2.33. The molecule has 8 heteroatoms. The van der Waals surface area contributed by atoms with Crippen molar-refractivity contribution in [2.24, 2.45) is 7.05 Å². The van der Waals surface area contributed by atoms with E-state index in [0.29, 0.717) is 24.7 Å². The second-order valence-corrected chi connectivity index (χ2v) is 5.87. The van der Waals surface area contributed by atoms with Crippen molar-refractivity contribution in [1.29, 1.82) is 0 Å². The number of ether oxygens (including phenoxy) is 1. The number of carbonyl (C=O) groups excluding carboxylic acids is 1. The molecule has 0 saturated carbocycles. The molecule has 1 atom stereocenters. The maximum atomic E-state index is 12.4. The molecule has 0 bridgehead atoms. The molecule has 1 aliphatic rings. The number of nitrogens with zero attached hydrogens (tertiary/aromatic N) is 4. The SMILES string of the molecule is Cn1cnn(CC(=O)N2CCO[C@H](c3cccc(Cl)c3)C2)c1=O. The van der Waals surface area contributed by atoms with Crippen LogP contribution in [-0.4, -0.2) is 44.9 Å². The van der Waals surface area contributed by atoms with E-state index in [1.807, 2.05) is 18.2 Å². The van der Waals surface area contributed by atoms with Crippen molar-refractivity contribution < 1.29 is 9.53 Å². The first-order valence-electron chi connectivity index (χ1n) is 7.28. The summed E-state index contributed by atoms with van der Waals surface area (Å²) in [7, 11) is 1.60. The highest BCUT2D eigenvalue weighted by Crippen LogP contribution is 2.24. The zero-order chi connectivity index (χ0) is 16.4. The fourth-order valence-electron chi connectivity index (χ4n) is 2.54. The summed E-state index contributed by atoms with van der Waals surface area (Å²) in [4.78, 5) is 25.9. The van der Waals surface area contributed by atoms with E-state index in [0.717, 1.165) is 10.2 Å². The fraction of sp³-hybridized carbons (Fsp3) is 0.400. The van der Waals surface area contributed by atoms with Crippen LogP contribution < -0.4 is 5.69 Å². The first-order chi connectivity index (χ1) is 11.0. The number of aromatic nitrogens is 3. The quantitative estimate of drug-likeness (QED) is 0.832. The van der Waals surface area contributed by atoms with Crippen molar-refractivity contribution in [1.82, 2.24) is 19.2 Å². The van der Waals surface area contributed by atoms with Crippen LogP contribution >= 0.6 is 11.6 Å². The van der Waals surface area contributed by atoms with Gasteiger partial charge in [-0.15, -0.1) is 0 Å². The molecular weight excluding hydrogens is 320 g/mol. The van der Waals surface area contributed by atoms with Gasteiger partial charge in [0.05, 0.1) is 13.2 Å². The van der Waals surface area contributed by atoms with Crippen LogP contribution in [0.25, 0.3) is 0 Å². The Hall–Kier alpha value is -2.12. The molecule has 1 aromatic heterocycles. The van der Waals surface area contributed by atoms with E-state index in [1.165, 1.54) is 10.9 Å². The van der Waals surface area contributed by atoms with Crippen molar-refractivity contribution in [2.75, 3.05) is 19.7 Å². The van der Waals surface area contributed by atoms with Crippen molar-refractivity contribution in [3.05, 3.63) is 51.7 Å². The van der Waals surface area contributed by atoms with Crippen LogP contribution in [0.4, 0.5) is 0 Å². The van der Waals surface area contributed by atoms with Gasteiger partial charge in [-0.2, -0.15) is 5.10 Å². The van der Waals surface area contributed by atoms with E-state index in [2.05, 4.69) is 5.10 Å². The molecule has 0 N–H and O–H groups in total. The van der Waals surface area contributed by atoms with Gasteiger partial charge < -0.3 is 9.64 Å². The molecule has 2 heterocycles. The van der Waals surface area contributed by atoms with Crippen molar-refractivity contribution in [3.63, 3.8) is 0 Å². The summed E-state index contributed by atoms with van der Waals surface area (Å²) in [5.74, 6) is -0.152. The summed E-state index contributed by atoms with van der Waals surface area (Å²) in [5, 5.41) is 4.54. The molecule has 1 amide bonds. The number of carbonyl (C=O) groups is 1. The second-order valence-electron chi connectivity index (χ2n) is 5.44. The minimum atomic E-state index is -0.307. The predicted molar refractivity (Wildman–Crippen MR) is 84.2 cm³/mol. The molecule has 0 radical (unpaired) electrons. The van der Waals surface area contributed by atoms with Gasteiger partial charge in [-0.3, -0.25) is 9.36 Å². The van der Waals surface area contributed by atoms with Gasteiger partial charge in [0.2, 0.25) is 5.91 Å². The van der Waals surface area contributed by atoms with Gasteiger partial charge >= 0.3 is 5.69 Å². The number of amides is 1. The van der Waals surface area contributed by atoms with E-state index >= 15 is 0 Å². The predicted octanol–water partition coefficient (Wildman–Crippen LogP) is 0.835. The Kier molecular flexibility index (Phi) is 4.49. The minimum Gasteiger partial charge on any atom is -0.370 e. The average Bonchev–Trinajstić information content (AvgIpc) is 2.87. The standard InChI is InChI=1S/C15H17ClN4O3/c1-18-10-17-20(15(18)22)9-14(21)19-5-6-23-13(8-19)11-3-2-4-12(16)7-11/h2-4,7,10,13H,5-6,8-9H2,1H3/t13-/m0/s1. The topological polar surface area (TPSA) is 69.4 Å². The summed E-state index contributed by atoms with van der Waals surface area (Å²) in [6.07, 6.45) is 1.18.